The van der Waals surface area contributed by atoms with Gasteiger partial charge in [-0.15, -0.1) is 0 Å². The van der Waals surface area contributed by atoms with E-state index in [9.17, 15) is 9.59 Å². The van der Waals surface area contributed by atoms with Crippen LogP contribution in [0.4, 0.5) is 0 Å². The van der Waals surface area contributed by atoms with Crippen molar-refractivity contribution in [3.05, 3.63) is 36.5 Å². The number of nitrogens with one attached hydrogen (secondary N) is 1. The summed E-state index contributed by atoms with van der Waals surface area (Å²) in [5, 5.41) is 3.30. The lowest BCUT2D eigenvalue weighted by atomic mass is 10.1. The predicted molar refractivity (Wildman–Crippen MR) is 102 cm³/mol. The Bertz CT molecular complexity index is 773. The number of benzene rings is 1. The number of thioether (sulfide) groups is 1. The monoisotopic (exact) mass is 389 g/mol. The molecule has 1 aliphatic heterocycles. The maximum Gasteiger partial charge on any atom is 0.325 e. The van der Waals surface area contributed by atoms with Crippen LogP contribution in [0.5, 0.6) is 0 Å². The molecule has 1 N–H and O–H groups in total. The fourth-order valence-electron chi connectivity index (χ4n) is 2.91. The van der Waals surface area contributed by atoms with Gasteiger partial charge in [0.05, 0.1) is 37.4 Å². The molecule has 1 aromatic heterocycles. The molecular formula is C19H23N3O4S. The lowest BCUT2D eigenvalue weighted by Gasteiger charge is -2.16. The Morgan fingerprint density at radius 3 is 2.89 bits per heavy atom. The van der Waals surface area contributed by atoms with Crippen molar-refractivity contribution in [1.82, 2.24) is 14.9 Å². The topological polar surface area (TPSA) is 82.5 Å². The number of methoxy groups -OCH3 is 1. The Labute approximate surface area is 162 Å². The fourth-order valence-corrected chi connectivity index (χ4v) is 3.72. The van der Waals surface area contributed by atoms with Crippen molar-refractivity contribution in [3.63, 3.8) is 0 Å². The number of hydrogen-bond acceptors (Lipinski definition) is 6. The van der Waals surface area contributed by atoms with Crippen molar-refractivity contribution in [2.75, 3.05) is 26.0 Å². The molecule has 1 aliphatic rings. The van der Waals surface area contributed by atoms with E-state index >= 15 is 0 Å². The number of carbonyl (C=O) groups is 2. The van der Waals surface area contributed by atoms with Crippen molar-refractivity contribution >= 4 is 23.6 Å². The number of esters is 1. The van der Waals surface area contributed by atoms with Gasteiger partial charge in [-0.1, -0.05) is 42.1 Å². The van der Waals surface area contributed by atoms with Gasteiger partial charge in [0.25, 0.3) is 0 Å². The van der Waals surface area contributed by atoms with Gasteiger partial charge in [0.15, 0.2) is 5.16 Å². The molecule has 2 aromatic rings. The van der Waals surface area contributed by atoms with Gasteiger partial charge in [-0.2, -0.15) is 0 Å². The first-order valence-corrected chi connectivity index (χ1v) is 9.85. The summed E-state index contributed by atoms with van der Waals surface area (Å²) >= 11 is 1.35. The zero-order valence-electron chi connectivity index (χ0n) is 15.2. The molecule has 1 aromatic carbocycles. The lowest BCUT2D eigenvalue weighted by molar-refractivity contribution is -0.140. The molecule has 0 spiro atoms. The number of carbonyl (C=O) groups excluding carboxylic acids is 2. The summed E-state index contributed by atoms with van der Waals surface area (Å²) in [7, 11) is 1.29. The highest BCUT2D eigenvalue weighted by atomic mass is 32.2. The third kappa shape index (κ3) is 5.33. The Hall–Kier alpha value is -2.32. The Morgan fingerprint density at radius 1 is 1.37 bits per heavy atom. The fraction of sp³-hybridized carbons (Fsp3) is 0.421. The zero-order chi connectivity index (χ0) is 19.1. The number of hydrogen-bond donors (Lipinski definition) is 1. The second-order valence-corrected chi connectivity index (χ2v) is 7.12. The van der Waals surface area contributed by atoms with Crippen LogP contribution in [0.15, 0.2) is 41.7 Å². The van der Waals surface area contributed by atoms with Crippen LogP contribution in [0, 0.1) is 0 Å². The minimum Gasteiger partial charge on any atom is -0.468 e. The van der Waals surface area contributed by atoms with Crippen LogP contribution >= 0.6 is 11.8 Å². The van der Waals surface area contributed by atoms with Crippen LogP contribution in [-0.4, -0.2) is 53.5 Å². The summed E-state index contributed by atoms with van der Waals surface area (Å²) in [6.45, 7) is 1.37. The summed E-state index contributed by atoms with van der Waals surface area (Å²) in [6, 6.07) is 10.0. The van der Waals surface area contributed by atoms with E-state index in [1.165, 1.54) is 18.9 Å². The van der Waals surface area contributed by atoms with Crippen molar-refractivity contribution in [3.8, 4) is 11.3 Å². The molecular weight excluding hydrogens is 366 g/mol. The quantitative estimate of drug-likeness (QED) is 0.550. The Kier molecular flexibility index (Phi) is 6.89. The van der Waals surface area contributed by atoms with Crippen molar-refractivity contribution in [2.24, 2.45) is 0 Å². The molecule has 1 unspecified atom stereocenters. The summed E-state index contributed by atoms with van der Waals surface area (Å²) in [4.78, 5) is 27.6. The highest BCUT2D eigenvalue weighted by Gasteiger charge is 2.21. The molecule has 1 saturated heterocycles. The van der Waals surface area contributed by atoms with E-state index in [-0.39, 0.29) is 24.3 Å². The average molecular weight is 389 g/mol. The van der Waals surface area contributed by atoms with Gasteiger partial charge in [0.1, 0.15) is 6.54 Å². The van der Waals surface area contributed by atoms with E-state index in [1.54, 1.807) is 0 Å². The SMILES string of the molecule is COC(=O)CNC(=O)CSc1ncc(-c2ccccc2)n1CC1CCCO1. The first-order valence-electron chi connectivity index (χ1n) is 8.86. The number of amides is 1. The van der Waals surface area contributed by atoms with E-state index in [2.05, 4.69) is 19.6 Å². The number of imidazole rings is 1. The molecule has 2 heterocycles. The van der Waals surface area contributed by atoms with Gasteiger partial charge in [-0.05, 0) is 18.4 Å². The maximum absolute atomic E-state index is 12.0. The molecule has 1 amide bonds. The molecule has 0 saturated carbocycles. The summed E-state index contributed by atoms with van der Waals surface area (Å²) in [5.74, 6) is -0.536. The van der Waals surface area contributed by atoms with E-state index < -0.39 is 5.97 Å². The normalized spacial score (nSPS) is 16.3. The number of nitrogens with zero attached hydrogens (tertiary/aromatic N) is 2. The minimum atomic E-state index is -0.473. The minimum absolute atomic E-state index is 0.129. The third-order valence-electron chi connectivity index (χ3n) is 4.29. The Morgan fingerprint density at radius 2 is 2.19 bits per heavy atom. The number of rotatable bonds is 8. The Balaban J connectivity index is 1.71. The second-order valence-electron chi connectivity index (χ2n) is 6.18. The lowest BCUT2D eigenvalue weighted by Crippen LogP contribution is -2.31. The van der Waals surface area contributed by atoms with Crippen LogP contribution in [0.3, 0.4) is 0 Å². The number of aromatic nitrogens is 2. The third-order valence-corrected chi connectivity index (χ3v) is 5.28. The molecule has 8 heteroatoms. The van der Waals surface area contributed by atoms with Gasteiger partial charge in [-0.25, -0.2) is 4.98 Å². The predicted octanol–water partition coefficient (Wildman–Crippen LogP) is 2.11. The number of ether oxygens (including phenoxy) is 2. The molecule has 0 bridgehead atoms. The van der Waals surface area contributed by atoms with Gasteiger partial charge in [0, 0.05) is 6.61 Å². The standard InChI is InChI=1S/C19H23N3O4S/c1-25-18(24)11-20-17(23)13-27-19-21-10-16(14-6-3-2-4-7-14)22(19)12-15-8-5-9-26-15/h2-4,6-7,10,15H,5,8-9,11-13H2,1H3,(H,20,23). The molecule has 3 rings (SSSR count). The van der Waals surface area contributed by atoms with Crippen molar-refractivity contribution < 1.29 is 19.1 Å². The molecule has 144 valence electrons. The largest absolute Gasteiger partial charge is 0.468 e. The van der Waals surface area contributed by atoms with Gasteiger partial charge >= 0.3 is 5.97 Å². The average Bonchev–Trinajstić information content (AvgIpc) is 3.35. The smallest absolute Gasteiger partial charge is 0.325 e. The van der Waals surface area contributed by atoms with Crippen molar-refractivity contribution in [2.45, 2.75) is 30.6 Å². The van der Waals surface area contributed by atoms with Gasteiger partial charge in [-0.3, -0.25) is 9.59 Å². The van der Waals surface area contributed by atoms with Crippen LogP contribution in [0.25, 0.3) is 11.3 Å². The zero-order valence-corrected chi connectivity index (χ0v) is 16.0. The van der Waals surface area contributed by atoms with Crippen LogP contribution < -0.4 is 5.32 Å². The van der Waals surface area contributed by atoms with Crippen LogP contribution in [0.1, 0.15) is 12.8 Å². The van der Waals surface area contributed by atoms with Gasteiger partial charge in [0.2, 0.25) is 5.91 Å². The van der Waals surface area contributed by atoms with Gasteiger partial charge < -0.3 is 19.4 Å². The summed E-state index contributed by atoms with van der Waals surface area (Å²) in [6.07, 6.45) is 4.09. The first-order chi connectivity index (χ1) is 13.2. The molecule has 7 nitrogen and oxygen atoms in total. The molecule has 1 fully saturated rings. The van der Waals surface area contributed by atoms with E-state index in [4.69, 9.17) is 4.74 Å². The van der Waals surface area contributed by atoms with Crippen molar-refractivity contribution in [1.29, 1.82) is 0 Å². The molecule has 0 aliphatic carbocycles. The molecule has 0 radical (unpaired) electrons. The summed E-state index contributed by atoms with van der Waals surface area (Å²) in [5.41, 5.74) is 2.08. The van der Waals surface area contributed by atoms with E-state index in [0.717, 1.165) is 35.9 Å². The highest BCUT2D eigenvalue weighted by Crippen LogP contribution is 2.28. The van der Waals surface area contributed by atoms with Crippen LogP contribution in [-0.2, 0) is 25.6 Å². The maximum atomic E-state index is 12.0. The summed E-state index contributed by atoms with van der Waals surface area (Å²) < 4.78 is 12.4. The van der Waals surface area contributed by atoms with E-state index in [1.807, 2.05) is 36.5 Å². The second kappa shape index (κ2) is 9.57. The van der Waals surface area contributed by atoms with Crippen LogP contribution in [0.2, 0.25) is 0 Å². The molecule has 27 heavy (non-hydrogen) atoms. The highest BCUT2D eigenvalue weighted by molar-refractivity contribution is 7.99. The molecule has 1 atom stereocenters. The first kappa shape index (κ1) is 19.4. The van der Waals surface area contributed by atoms with E-state index in [0.29, 0.717) is 6.54 Å².